The summed E-state index contributed by atoms with van der Waals surface area (Å²) < 4.78 is 5.42. The van der Waals surface area contributed by atoms with Crippen molar-refractivity contribution < 1.29 is 9.52 Å². The quantitative estimate of drug-likeness (QED) is 0.849. The van der Waals surface area contributed by atoms with Crippen molar-refractivity contribution in [2.45, 2.75) is 26.0 Å². The second-order valence-electron chi connectivity index (χ2n) is 4.93. The minimum atomic E-state index is -0.716. The van der Waals surface area contributed by atoms with Crippen LogP contribution >= 0.6 is 0 Å². The predicted molar refractivity (Wildman–Crippen MR) is 69.9 cm³/mol. The highest BCUT2D eigenvalue weighted by atomic mass is 16.3. The van der Waals surface area contributed by atoms with E-state index in [4.69, 9.17) is 4.42 Å². The number of nitrogens with one attached hydrogen (secondary N) is 1. The van der Waals surface area contributed by atoms with E-state index in [0.717, 1.165) is 11.3 Å². The van der Waals surface area contributed by atoms with E-state index in [1.807, 2.05) is 30.3 Å². The maximum Gasteiger partial charge on any atom is 0.226 e. The highest BCUT2D eigenvalue weighted by Gasteiger charge is 2.12. The van der Waals surface area contributed by atoms with E-state index in [-0.39, 0.29) is 0 Å². The fourth-order valence-corrected chi connectivity index (χ4v) is 1.60. The van der Waals surface area contributed by atoms with E-state index in [1.54, 1.807) is 20.1 Å². The fraction of sp³-hybridized carbons (Fsp3) is 0.357. The first-order valence-corrected chi connectivity index (χ1v) is 5.97. The third kappa shape index (κ3) is 3.68. The lowest BCUT2D eigenvalue weighted by atomic mass is 10.1. The van der Waals surface area contributed by atoms with Gasteiger partial charge in [0, 0.05) is 18.7 Å². The van der Waals surface area contributed by atoms with Gasteiger partial charge in [0.05, 0.1) is 11.3 Å². The molecule has 2 N–H and O–H groups in total. The first-order chi connectivity index (χ1) is 8.54. The Kier molecular flexibility index (Phi) is 3.79. The molecule has 4 nitrogen and oxygen atoms in total. The third-order valence-electron chi connectivity index (χ3n) is 2.44. The molecule has 0 aliphatic heterocycles. The van der Waals surface area contributed by atoms with Gasteiger partial charge in [-0.05, 0) is 26.0 Å². The minimum Gasteiger partial charge on any atom is -0.444 e. The molecule has 2 aromatic rings. The lowest BCUT2D eigenvalue weighted by molar-refractivity contribution is 0.0794. The number of aromatic nitrogens is 1. The summed E-state index contributed by atoms with van der Waals surface area (Å²) in [6.45, 7) is 4.62. The van der Waals surface area contributed by atoms with Crippen molar-refractivity contribution >= 4 is 0 Å². The summed E-state index contributed by atoms with van der Waals surface area (Å²) in [6.07, 6.45) is 1.64. The molecule has 0 fully saturated rings. The molecule has 0 amide bonds. The van der Waals surface area contributed by atoms with Crippen LogP contribution in [0.3, 0.4) is 0 Å². The zero-order chi connectivity index (χ0) is 13.0. The van der Waals surface area contributed by atoms with E-state index >= 15 is 0 Å². The Morgan fingerprint density at radius 1 is 1.28 bits per heavy atom. The number of rotatable bonds is 5. The molecule has 0 saturated heterocycles. The third-order valence-corrected chi connectivity index (χ3v) is 2.44. The van der Waals surface area contributed by atoms with Gasteiger partial charge in [0.2, 0.25) is 5.89 Å². The molecule has 18 heavy (non-hydrogen) atoms. The van der Waals surface area contributed by atoms with Gasteiger partial charge in [0.1, 0.15) is 6.26 Å². The van der Waals surface area contributed by atoms with Crippen LogP contribution in [0.5, 0.6) is 0 Å². The monoisotopic (exact) mass is 246 g/mol. The molecule has 96 valence electrons. The number of oxazole rings is 1. The van der Waals surface area contributed by atoms with Gasteiger partial charge in [-0.3, -0.25) is 0 Å². The molecule has 0 radical (unpaired) electrons. The normalized spacial score (nSPS) is 11.7. The smallest absolute Gasteiger partial charge is 0.226 e. The van der Waals surface area contributed by atoms with Gasteiger partial charge >= 0.3 is 0 Å². The molecular formula is C14H18N2O2. The number of benzene rings is 1. The van der Waals surface area contributed by atoms with Crippen LogP contribution in [-0.4, -0.2) is 22.2 Å². The molecule has 4 heteroatoms. The van der Waals surface area contributed by atoms with Gasteiger partial charge in [-0.1, -0.05) is 18.2 Å². The zero-order valence-electron chi connectivity index (χ0n) is 10.7. The summed E-state index contributed by atoms with van der Waals surface area (Å²) in [4.78, 5) is 4.39. The minimum absolute atomic E-state index is 0.514. The van der Waals surface area contributed by atoms with Gasteiger partial charge in [0.15, 0.2) is 0 Å². The zero-order valence-corrected chi connectivity index (χ0v) is 10.7. The van der Waals surface area contributed by atoms with Crippen molar-refractivity contribution in [3.63, 3.8) is 0 Å². The lowest BCUT2D eigenvalue weighted by Gasteiger charge is -2.16. The summed E-state index contributed by atoms with van der Waals surface area (Å²) in [7, 11) is 0. The van der Waals surface area contributed by atoms with Crippen LogP contribution in [0.2, 0.25) is 0 Å². The first-order valence-electron chi connectivity index (χ1n) is 5.97. The summed E-state index contributed by atoms with van der Waals surface area (Å²) in [5.41, 5.74) is 1.08. The molecule has 2 rings (SSSR count). The summed E-state index contributed by atoms with van der Waals surface area (Å²) >= 11 is 0. The first kappa shape index (κ1) is 12.8. The summed E-state index contributed by atoms with van der Waals surface area (Å²) in [6, 6.07) is 9.77. The van der Waals surface area contributed by atoms with Crippen LogP contribution in [0.25, 0.3) is 11.5 Å². The molecule has 1 aromatic carbocycles. The summed E-state index contributed by atoms with van der Waals surface area (Å²) in [5, 5.41) is 12.7. The number of aliphatic hydroxyl groups is 1. The number of nitrogens with zero attached hydrogens (tertiary/aromatic N) is 1. The molecule has 0 spiro atoms. The molecule has 0 aliphatic carbocycles. The average molecular weight is 246 g/mol. The molecular weight excluding hydrogens is 228 g/mol. The molecule has 0 aliphatic rings. The molecule has 0 atom stereocenters. The second kappa shape index (κ2) is 5.33. The lowest BCUT2D eigenvalue weighted by Crippen LogP contribution is -2.34. The Morgan fingerprint density at radius 3 is 2.67 bits per heavy atom. The van der Waals surface area contributed by atoms with Crippen LogP contribution in [-0.2, 0) is 6.54 Å². The van der Waals surface area contributed by atoms with Crippen LogP contribution in [0.4, 0.5) is 0 Å². The highest BCUT2D eigenvalue weighted by molar-refractivity contribution is 5.52. The highest BCUT2D eigenvalue weighted by Crippen LogP contribution is 2.17. The molecule has 0 bridgehead atoms. The Balaban J connectivity index is 1.95. The van der Waals surface area contributed by atoms with E-state index < -0.39 is 5.60 Å². The Hall–Kier alpha value is -1.65. The van der Waals surface area contributed by atoms with Crippen LogP contribution < -0.4 is 5.32 Å². The maximum absolute atomic E-state index is 9.57. The second-order valence-corrected chi connectivity index (χ2v) is 4.93. The standard InChI is InChI=1S/C14H18N2O2/c1-14(2,17)10-15-8-12-9-18-13(16-12)11-6-4-3-5-7-11/h3-7,9,15,17H,8,10H2,1-2H3. The molecule has 0 saturated carbocycles. The fourth-order valence-electron chi connectivity index (χ4n) is 1.60. The van der Waals surface area contributed by atoms with E-state index in [0.29, 0.717) is 19.0 Å². The van der Waals surface area contributed by atoms with Crippen molar-refractivity contribution in [1.82, 2.24) is 10.3 Å². The largest absolute Gasteiger partial charge is 0.444 e. The molecule has 0 unspecified atom stereocenters. The molecule has 1 aromatic heterocycles. The average Bonchev–Trinajstić information content (AvgIpc) is 2.77. The SMILES string of the molecule is CC(C)(O)CNCc1coc(-c2ccccc2)n1. The van der Waals surface area contributed by atoms with Gasteiger partial charge < -0.3 is 14.8 Å². The van der Waals surface area contributed by atoms with E-state index in [1.165, 1.54) is 0 Å². The van der Waals surface area contributed by atoms with Gasteiger partial charge in [-0.15, -0.1) is 0 Å². The van der Waals surface area contributed by atoms with Crippen LogP contribution in [0.1, 0.15) is 19.5 Å². The van der Waals surface area contributed by atoms with Gasteiger partial charge in [0.25, 0.3) is 0 Å². The van der Waals surface area contributed by atoms with Crippen molar-refractivity contribution in [2.75, 3.05) is 6.54 Å². The number of hydrogen-bond acceptors (Lipinski definition) is 4. The van der Waals surface area contributed by atoms with E-state index in [9.17, 15) is 5.11 Å². The van der Waals surface area contributed by atoms with Crippen LogP contribution in [0, 0.1) is 0 Å². The Labute approximate surface area is 107 Å². The maximum atomic E-state index is 9.57. The van der Waals surface area contributed by atoms with Gasteiger partial charge in [-0.2, -0.15) is 0 Å². The molecule has 1 heterocycles. The van der Waals surface area contributed by atoms with Crippen molar-refractivity contribution in [3.05, 3.63) is 42.3 Å². The van der Waals surface area contributed by atoms with Crippen LogP contribution in [0.15, 0.2) is 41.0 Å². The Morgan fingerprint density at radius 2 is 2.00 bits per heavy atom. The van der Waals surface area contributed by atoms with Gasteiger partial charge in [-0.25, -0.2) is 4.98 Å². The van der Waals surface area contributed by atoms with E-state index in [2.05, 4.69) is 10.3 Å². The predicted octanol–water partition coefficient (Wildman–Crippen LogP) is 2.20. The summed E-state index contributed by atoms with van der Waals surface area (Å²) in [5.74, 6) is 0.621. The Bertz CT molecular complexity index is 486. The van der Waals surface area contributed by atoms with Crippen molar-refractivity contribution in [2.24, 2.45) is 0 Å². The topological polar surface area (TPSA) is 58.3 Å². The van der Waals surface area contributed by atoms with Crippen molar-refractivity contribution in [3.8, 4) is 11.5 Å². The van der Waals surface area contributed by atoms with Crippen molar-refractivity contribution in [1.29, 1.82) is 0 Å². The number of hydrogen-bond donors (Lipinski definition) is 2.